The molecule has 1 saturated carbocycles. The number of H-pyrrole nitrogens is 1. The Morgan fingerprint density at radius 2 is 1.78 bits per heavy atom. The van der Waals surface area contributed by atoms with E-state index in [0.717, 1.165) is 11.9 Å². The van der Waals surface area contributed by atoms with Gasteiger partial charge in [0.1, 0.15) is 17.6 Å². The molecule has 0 radical (unpaired) electrons. The number of ether oxygens (including phenoxy) is 1. The highest BCUT2D eigenvalue weighted by molar-refractivity contribution is 5.86. The molecule has 1 aromatic carbocycles. The minimum Gasteiger partial charge on any atom is -0.468 e. The first kappa shape index (κ1) is 30.6. The molecule has 1 amide bonds. The van der Waals surface area contributed by atoms with Gasteiger partial charge < -0.3 is 19.9 Å². The maximum absolute atomic E-state index is 13.4. The highest BCUT2D eigenvalue weighted by Crippen LogP contribution is 2.58. The summed E-state index contributed by atoms with van der Waals surface area (Å²) in [5.41, 5.74) is 0.971. The van der Waals surface area contributed by atoms with Gasteiger partial charge in [-0.3, -0.25) is 9.69 Å². The number of aromatic nitrogens is 5. The van der Waals surface area contributed by atoms with Gasteiger partial charge in [0, 0.05) is 50.0 Å². The molecule has 1 atom stereocenters. The van der Waals surface area contributed by atoms with E-state index in [1.54, 1.807) is 24.4 Å². The van der Waals surface area contributed by atoms with Crippen molar-refractivity contribution in [3.8, 4) is 17.1 Å². The number of imidazole rings is 1. The number of hydrogen-bond donors (Lipinski definition) is 2. The third-order valence-corrected chi connectivity index (χ3v) is 8.17. The van der Waals surface area contributed by atoms with E-state index in [1.165, 1.54) is 11.0 Å². The number of nitrogens with zero attached hydrogens (tertiary/aromatic N) is 6. The van der Waals surface area contributed by atoms with E-state index in [4.69, 9.17) is 4.74 Å². The number of amides is 1. The number of anilines is 2. The molecule has 2 N–H and O–H groups in total. The predicted molar refractivity (Wildman–Crippen MR) is 150 cm³/mol. The number of benzene rings is 1. The van der Waals surface area contributed by atoms with Crippen molar-refractivity contribution in [2.24, 2.45) is 5.41 Å². The van der Waals surface area contributed by atoms with Gasteiger partial charge in [0.15, 0.2) is 6.61 Å². The first-order valence-electron chi connectivity index (χ1n) is 14.2. The fourth-order valence-electron chi connectivity index (χ4n) is 5.43. The lowest BCUT2D eigenvalue weighted by Crippen LogP contribution is -2.53. The molecule has 0 bridgehead atoms. The predicted octanol–water partition coefficient (Wildman–Crippen LogP) is 5.65. The van der Waals surface area contributed by atoms with Crippen LogP contribution in [-0.2, 0) is 4.79 Å². The summed E-state index contributed by atoms with van der Waals surface area (Å²) < 4.78 is 82.5. The van der Waals surface area contributed by atoms with E-state index in [1.807, 2.05) is 19.1 Å². The molecule has 1 aliphatic heterocycles. The molecular weight excluding hydrogens is 606 g/mol. The van der Waals surface area contributed by atoms with Crippen LogP contribution in [0.25, 0.3) is 22.3 Å². The minimum absolute atomic E-state index is 0.0839. The maximum atomic E-state index is 13.4. The molecule has 1 saturated heterocycles. The number of rotatable bonds is 8. The standard InChI is InChI=1S/C29H28F6N8O2/c1-17(42-8-10-43(11-9-42)25(44)27(5-6-27)29(33,34)35)18-4-7-36-23(13-18)41-26-39-20-3-2-19(12-22(20)40-26)21-14-24(38-16-37-21)45-15-28(30,31)32/h2-4,7,12-14,16-17H,5-6,8-11,15H2,1H3,(H2,36,39,40,41). The number of aromatic amines is 1. The average molecular weight is 635 g/mol. The molecule has 238 valence electrons. The van der Waals surface area contributed by atoms with Crippen LogP contribution in [0.15, 0.2) is 48.9 Å². The van der Waals surface area contributed by atoms with Crippen molar-refractivity contribution in [3.63, 3.8) is 0 Å². The SMILES string of the molecule is CC(c1ccnc(Nc2nc3ccc(-c4cc(OCC(F)(F)F)ncn4)cc3[nH]2)c1)N1CCN(C(=O)C2(C(F)(F)F)CC2)CC1. The Hall–Kier alpha value is -4.47. The molecular formula is C29H28F6N8O2. The summed E-state index contributed by atoms with van der Waals surface area (Å²) in [7, 11) is 0. The largest absolute Gasteiger partial charge is 0.468 e. The smallest absolute Gasteiger partial charge is 0.422 e. The number of pyridine rings is 1. The van der Waals surface area contributed by atoms with Crippen molar-refractivity contribution < 1.29 is 35.9 Å². The highest BCUT2D eigenvalue weighted by atomic mass is 19.4. The van der Waals surface area contributed by atoms with Crippen LogP contribution in [0.1, 0.15) is 31.4 Å². The van der Waals surface area contributed by atoms with E-state index < -0.39 is 30.3 Å². The molecule has 6 rings (SSSR count). The molecule has 4 heterocycles. The van der Waals surface area contributed by atoms with E-state index in [-0.39, 0.29) is 37.9 Å². The number of nitrogens with one attached hydrogen (secondary N) is 2. The highest BCUT2D eigenvalue weighted by Gasteiger charge is 2.69. The van der Waals surface area contributed by atoms with Crippen LogP contribution in [0.3, 0.4) is 0 Å². The van der Waals surface area contributed by atoms with Crippen LogP contribution in [0.2, 0.25) is 0 Å². The first-order valence-corrected chi connectivity index (χ1v) is 14.2. The van der Waals surface area contributed by atoms with E-state index in [2.05, 4.69) is 35.1 Å². The van der Waals surface area contributed by atoms with Crippen molar-refractivity contribution in [3.05, 3.63) is 54.5 Å². The molecule has 2 fully saturated rings. The Bertz CT molecular complexity index is 1700. The van der Waals surface area contributed by atoms with Gasteiger partial charge in [-0.25, -0.2) is 19.9 Å². The van der Waals surface area contributed by atoms with Gasteiger partial charge in [-0.05, 0) is 49.6 Å². The van der Waals surface area contributed by atoms with Crippen molar-refractivity contribution in [2.45, 2.75) is 38.2 Å². The van der Waals surface area contributed by atoms with E-state index >= 15 is 0 Å². The van der Waals surface area contributed by atoms with Gasteiger partial charge in [-0.15, -0.1) is 0 Å². The van der Waals surface area contributed by atoms with Crippen LogP contribution < -0.4 is 10.1 Å². The Labute approximate surface area is 252 Å². The van der Waals surface area contributed by atoms with Gasteiger partial charge in [-0.1, -0.05) is 6.07 Å². The normalized spacial score (nSPS) is 17.7. The van der Waals surface area contributed by atoms with Gasteiger partial charge in [0.05, 0.1) is 16.7 Å². The number of alkyl halides is 6. The van der Waals surface area contributed by atoms with Crippen LogP contribution in [0, 0.1) is 5.41 Å². The van der Waals surface area contributed by atoms with Gasteiger partial charge in [0.25, 0.3) is 0 Å². The molecule has 1 aliphatic carbocycles. The summed E-state index contributed by atoms with van der Waals surface area (Å²) >= 11 is 0. The van der Waals surface area contributed by atoms with Crippen LogP contribution in [0.5, 0.6) is 5.88 Å². The van der Waals surface area contributed by atoms with Crippen LogP contribution in [-0.4, -0.2) is 85.8 Å². The van der Waals surface area contributed by atoms with Gasteiger partial charge in [0.2, 0.25) is 17.7 Å². The molecule has 10 nitrogen and oxygen atoms in total. The topological polar surface area (TPSA) is 112 Å². The summed E-state index contributed by atoms with van der Waals surface area (Å²) in [4.78, 5) is 36.0. The number of carbonyl (C=O) groups excluding carboxylic acids is 1. The molecule has 4 aromatic rings. The molecule has 3 aromatic heterocycles. The monoisotopic (exact) mass is 634 g/mol. The van der Waals surface area contributed by atoms with Crippen molar-refractivity contribution in [1.29, 1.82) is 0 Å². The van der Waals surface area contributed by atoms with Gasteiger partial charge in [-0.2, -0.15) is 26.3 Å². The quantitative estimate of drug-likeness (QED) is 0.240. The Morgan fingerprint density at radius 3 is 2.47 bits per heavy atom. The summed E-state index contributed by atoms with van der Waals surface area (Å²) in [6, 6.07) is 10.2. The number of hydrogen-bond acceptors (Lipinski definition) is 8. The number of carbonyl (C=O) groups is 1. The van der Waals surface area contributed by atoms with Crippen LogP contribution >= 0.6 is 0 Å². The summed E-state index contributed by atoms with van der Waals surface area (Å²) in [5, 5.41) is 3.14. The lowest BCUT2D eigenvalue weighted by Gasteiger charge is -2.39. The van der Waals surface area contributed by atoms with Gasteiger partial charge >= 0.3 is 12.4 Å². The fourth-order valence-corrected chi connectivity index (χ4v) is 5.43. The van der Waals surface area contributed by atoms with Crippen LogP contribution in [0.4, 0.5) is 38.1 Å². The lowest BCUT2D eigenvalue weighted by molar-refractivity contribution is -0.199. The number of piperazine rings is 1. The van der Waals surface area contributed by atoms with Crippen molar-refractivity contribution in [1.82, 2.24) is 34.7 Å². The second-order valence-electron chi connectivity index (χ2n) is 11.1. The molecule has 16 heteroatoms. The van der Waals surface area contributed by atoms with E-state index in [9.17, 15) is 31.1 Å². The second kappa shape index (κ2) is 11.5. The number of halogens is 6. The summed E-state index contributed by atoms with van der Waals surface area (Å²) in [5.74, 6) is -0.0990. The second-order valence-corrected chi connectivity index (χ2v) is 11.1. The Balaban J connectivity index is 1.10. The first-order chi connectivity index (χ1) is 21.3. The lowest BCUT2D eigenvalue weighted by atomic mass is 10.0. The van der Waals surface area contributed by atoms with Crippen molar-refractivity contribution >= 4 is 28.7 Å². The zero-order valence-electron chi connectivity index (χ0n) is 23.9. The van der Waals surface area contributed by atoms with E-state index in [0.29, 0.717) is 47.1 Å². The third-order valence-electron chi connectivity index (χ3n) is 8.17. The molecule has 0 spiro atoms. The number of fused-ring (bicyclic) bond motifs is 1. The fraction of sp³-hybridized carbons (Fsp3) is 0.414. The molecule has 45 heavy (non-hydrogen) atoms. The third kappa shape index (κ3) is 6.50. The molecule has 1 unspecified atom stereocenters. The Morgan fingerprint density at radius 1 is 1.02 bits per heavy atom. The zero-order valence-corrected chi connectivity index (χ0v) is 23.9. The summed E-state index contributed by atoms with van der Waals surface area (Å²) in [6.45, 7) is 1.88. The van der Waals surface area contributed by atoms with Crippen molar-refractivity contribution in [2.75, 3.05) is 38.1 Å². The summed E-state index contributed by atoms with van der Waals surface area (Å²) in [6.07, 6.45) is -6.52. The molecule has 2 aliphatic rings. The minimum atomic E-state index is -4.52. The average Bonchev–Trinajstić information content (AvgIpc) is 3.74. The Kier molecular flexibility index (Phi) is 7.79. The zero-order chi connectivity index (χ0) is 32.0. The maximum Gasteiger partial charge on any atom is 0.422 e.